The van der Waals surface area contributed by atoms with Crippen molar-refractivity contribution in [3.8, 4) is 11.3 Å². The maximum Gasteiger partial charge on any atom is 0.416 e. The second kappa shape index (κ2) is 6.93. The van der Waals surface area contributed by atoms with Crippen LogP contribution in [-0.4, -0.2) is 19.6 Å². The van der Waals surface area contributed by atoms with E-state index in [1.807, 2.05) is 0 Å². The number of halogens is 4. The van der Waals surface area contributed by atoms with Crippen LogP contribution >= 0.6 is 22.9 Å². The Labute approximate surface area is 181 Å². The van der Waals surface area contributed by atoms with Crippen molar-refractivity contribution >= 4 is 39.4 Å². The SMILES string of the molecule is O=c1nc2n(c3cc(C(F)(F)F)ccc13)CC(O)=C2c1nc(-c2ccc(Cl)cc2)cs1. The van der Waals surface area contributed by atoms with Crippen molar-refractivity contribution in [2.75, 3.05) is 0 Å². The van der Waals surface area contributed by atoms with Gasteiger partial charge in [0.05, 0.1) is 34.3 Å². The molecule has 0 bridgehead atoms. The molecule has 0 fully saturated rings. The topological polar surface area (TPSA) is 68.0 Å². The lowest BCUT2D eigenvalue weighted by molar-refractivity contribution is -0.137. The molecule has 3 heterocycles. The minimum atomic E-state index is -4.56. The largest absolute Gasteiger partial charge is 0.510 e. The standard InChI is InChI=1S/C21H11ClF3N3O2S/c22-12-4-1-10(2-5-12)14-9-31-20(26-14)17-16(29)8-28-15-7-11(21(23,24)25)3-6-13(15)19(30)27-18(17)28/h1-7,9,29H,8H2. The van der Waals surface area contributed by atoms with Gasteiger partial charge in [0.1, 0.15) is 10.8 Å². The van der Waals surface area contributed by atoms with Gasteiger partial charge in [-0.05, 0) is 30.3 Å². The zero-order chi connectivity index (χ0) is 21.9. The summed E-state index contributed by atoms with van der Waals surface area (Å²) in [5.41, 5.74) is 0.188. The van der Waals surface area contributed by atoms with Gasteiger partial charge in [-0.15, -0.1) is 11.3 Å². The van der Waals surface area contributed by atoms with Crippen LogP contribution in [0, 0.1) is 0 Å². The molecule has 0 spiro atoms. The van der Waals surface area contributed by atoms with Gasteiger partial charge in [0, 0.05) is 16.0 Å². The summed E-state index contributed by atoms with van der Waals surface area (Å²) in [7, 11) is 0. The highest BCUT2D eigenvalue weighted by Crippen LogP contribution is 2.37. The highest BCUT2D eigenvalue weighted by Gasteiger charge is 2.33. The number of aliphatic hydroxyl groups excluding tert-OH is 1. The molecule has 1 aliphatic heterocycles. The molecule has 5 rings (SSSR count). The molecule has 5 nitrogen and oxygen atoms in total. The predicted molar refractivity (Wildman–Crippen MR) is 112 cm³/mol. The van der Waals surface area contributed by atoms with Gasteiger partial charge in [0.25, 0.3) is 5.56 Å². The minimum Gasteiger partial charge on any atom is -0.510 e. The number of hydrogen-bond acceptors (Lipinski definition) is 5. The quantitative estimate of drug-likeness (QED) is 0.426. The fourth-order valence-corrected chi connectivity index (χ4v) is 4.53. The summed E-state index contributed by atoms with van der Waals surface area (Å²) in [5, 5.41) is 13.4. The van der Waals surface area contributed by atoms with Crippen LogP contribution in [0.1, 0.15) is 16.4 Å². The van der Waals surface area contributed by atoms with E-state index in [1.165, 1.54) is 15.9 Å². The van der Waals surface area contributed by atoms with Crippen molar-refractivity contribution in [2.24, 2.45) is 0 Å². The van der Waals surface area contributed by atoms with Gasteiger partial charge >= 0.3 is 6.18 Å². The van der Waals surface area contributed by atoms with Gasteiger partial charge in [-0.1, -0.05) is 23.7 Å². The summed E-state index contributed by atoms with van der Waals surface area (Å²) < 4.78 is 41.0. The van der Waals surface area contributed by atoms with Crippen molar-refractivity contribution in [1.29, 1.82) is 0 Å². The molecule has 10 heteroatoms. The third-order valence-electron chi connectivity index (χ3n) is 4.99. The molecule has 1 aliphatic rings. The molecular weight excluding hydrogens is 451 g/mol. The maximum absolute atomic E-state index is 13.2. The third-order valence-corrected chi connectivity index (χ3v) is 6.10. The number of thiazole rings is 1. The minimum absolute atomic E-state index is 0.0480. The number of hydrogen-bond donors (Lipinski definition) is 1. The Morgan fingerprint density at radius 2 is 1.84 bits per heavy atom. The van der Waals surface area contributed by atoms with Gasteiger partial charge < -0.3 is 9.67 Å². The average Bonchev–Trinajstić information content (AvgIpc) is 3.32. The number of alkyl halides is 3. The first kappa shape index (κ1) is 19.8. The number of rotatable bonds is 2. The van der Waals surface area contributed by atoms with E-state index in [9.17, 15) is 23.1 Å². The van der Waals surface area contributed by atoms with Crippen LogP contribution in [0.25, 0.3) is 27.7 Å². The highest BCUT2D eigenvalue weighted by atomic mass is 35.5. The van der Waals surface area contributed by atoms with Gasteiger partial charge in [-0.25, -0.2) is 4.98 Å². The lowest BCUT2D eigenvalue weighted by Crippen LogP contribution is -2.17. The fraction of sp³-hybridized carbons (Fsp3) is 0.0952. The van der Waals surface area contributed by atoms with E-state index < -0.39 is 17.3 Å². The van der Waals surface area contributed by atoms with Crippen LogP contribution in [0.4, 0.5) is 13.2 Å². The van der Waals surface area contributed by atoms with Crippen molar-refractivity contribution in [3.05, 3.63) is 85.4 Å². The summed E-state index contributed by atoms with van der Waals surface area (Å²) in [4.78, 5) is 21.1. The molecule has 1 N–H and O–H groups in total. The summed E-state index contributed by atoms with van der Waals surface area (Å²) >= 11 is 7.15. The number of allylic oxidation sites excluding steroid dienone is 1. The number of nitrogens with zero attached hydrogens (tertiary/aromatic N) is 3. The number of benzene rings is 2. The zero-order valence-corrected chi connectivity index (χ0v) is 17.0. The molecule has 0 atom stereocenters. The molecule has 0 saturated carbocycles. The van der Waals surface area contributed by atoms with E-state index in [1.54, 1.807) is 29.6 Å². The molecule has 156 valence electrons. The Morgan fingerprint density at radius 1 is 1.10 bits per heavy atom. The van der Waals surface area contributed by atoms with Crippen molar-refractivity contribution < 1.29 is 18.3 Å². The van der Waals surface area contributed by atoms with E-state index in [4.69, 9.17) is 11.6 Å². The van der Waals surface area contributed by atoms with Crippen LogP contribution in [-0.2, 0) is 12.7 Å². The van der Waals surface area contributed by atoms with Crippen LogP contribution in [0.2, 0.25) is 5.02 Å². The molecule has 0 amide bonds. The van der Waals surface area contributed by atoms with Crippen molar-refractivity contribution in [2.45, 2.75) is 12.7 Å². The molecule has 0 saturated heterocycles. The second-order valence-electron chi connectivity index (χ2n) is 6.92. The van der Waals surface area contributed by atoms with E-state index in [-0.39, 0.29) is 34.6 Å². The Bertz CT molecular complexity index is 1440. The molecule has 0 aliphatic carbocycles. The molecular formula is C21H11ClF3N3O2S. The summed E-state index contributed by atoms with van der Waals surface area (Å²) in [6.45, 7) is -0.106. The summed E-state index contributed by atoms with van der Waals surface area (Å²) in [6, 6.07) is 9.91. The average molecular weight is 462 g/mol. The second-order valence-corrected chi connectivity index (χ2v) is 8.22. The smallest absolute Gasteiger partial charge is 0.416 e. The summed E-state index contributed by atoms with van der Waals surface area (Å²) in [5.74, 6) is -0.0276. The summed E-state index contributed by atoms with van der Waals surface area (Å²) in [6.07, 6.45) is -4.56. The zero-order valence-electron chi connectivity index (χ0n) is 15.4. The molecule has 0 unspecified atom stereocenters. The third kappa shape index (κ3) is 3.30. The Morgan fingerprint density at radius 3 is 2.55 bits per heavy atom. The molecule has 31 heavy (non-hydrogen) atoms. The highest BCUT2D eigenvalue weighted by molar-refractivity contribution is 7.11. The number of fused-ring (bicyclic) bond motifs is 3. The Kier molecular flexibility index (Phi) is 4.42. The predicted octanol–water partition coefficient (Wildman–Crippen LogP) is 5.52. The first-order valence-electron chi connectivity index (χ1n) is 8.98. The normalized spacial score (nSPS) is 13.8. The van der Waals surface area contributed by atoms with Gasteiger partial charge in [0.2, 0.25) is 0 Å². The van der Waals surface area contributed by atoms with Gasteiger partial charge in [0.15, 0.2) is 5.82 Å². The van der Waals surface area contributed by atoms with Crippen molar-refractivity contribution in [1.82, 2.24) is 14.5 Å². The number of aromatic nitrogens is 3. The molecule has 0 radical (unpaired) electrons. The Balaban J connectivity index is 1.65. The monoisotopic (exact) mass is 461 g/mol. The molecule has 2 aromatic heterocycles. The molecule has 2 aromatic carbocycles. The van der Waals surface area contributed by atoms with Gasteiger partial charge in [-0.3, -0.25) is 4.79 Å². The van der Waals surface area contributed by atoms with Crippen LogP contribution in [0.5, 0.6) is 0 Å². The fourth-order valence-electron chi connectivity index (χ4n) is 3.51. The van der Waals surface area contributed by atoms with E-state index in [0.29, 0.717) is 15.7 Å². The lowest BCUT2D eigenvalue weighted by Gasteiger charge is -2.12. The first-order chi connectivity index (χ1) is 14.7. The van der Waals surface area contributed by atoms with Crippen LogP contribution in [0.15, 0.2) is 58.4 Å². The lowest BCUT2D eigenvalue weighted by atomic mass is 10.1. The van der Waals surface area contributed by atoms with E-state index in [0.717, 1.165) is 23.8 Å². The van der Waals surface area contributed by atoms with E-state index in [2.05, 4.69) is 9.97 Å². The number of aliphatic hydroxyl groups is 1. The first-order valence-corrected chi connectivity index (χ1v) is 10.2. The maximum atomic E-state index is 13.2. The van der Waals surface area contributed by atoms with Crippen LogP contribution in [0.3, 0.4) is 0 Å². The Hall–Kier alpha value is -3.17. The van der Waals surface area contributed by atoms with Gasteiger partial charge in [-0.2, -0.15) is 18.2 Å². The molecule has 4 aromatic rings. The van der Waals surface area contributed by atoms with Crippen LogP contribution < -0.4 is 5.56 Å². The van der Waals surface area contributed by atoms with E-state index >= 15 is 0 Å². The van der Waals surface area contributed by atoms with Crippen molar-refractivity contribution in [3.63, 3.8) is 0 Å².